The van der Waals surface area contributed by atoms with Gasteiger partial charge in [0.05, 0.1) is 0 Å². The maximum absolute atomic E-state index is 10.6. The minimum atomic E-state index is -0.762. The molecule has 2 nitrogen and oxygen atoms in total. The Labute approximate surface area is 123 Å². The molecule has 21 heavy (non-hydrogen) atoms. The topological polar surface area (TPSA) is 37.3 Å². The molecular formula is C19H16O2. The van der Waals surface area contributed by atoms with Gasteiger partial charge in [-0.1, -0.05) is 60.7 Å². The number of fused-ring (bicyclic) bond motifs is 2. The summed E-state index contributed by atoms with van der Waals surface area (Å²) in [4.78, 5) is 10.6. The lowest BCUT2D eigenvalue weighted by Gasteiger charge is -2.08. The second kappa shape index (κ2) is 5.80. The molecule has 3 aromatic rings. The standard InChI is InChI=1S/C19H16O2/c20-19(21)12-6-5-11-18-16-9-3-1-7-14(16)13-15-8-2-4-10-17(15)18/h1-5,7-11,13H,6,12H2,(H,20,21)/b11-5+. The van der Waals surface area contributed by atoms with Crippen LogP contribution in [0.1, 0.15) is 18.4 Å². The largest absolute Gasteiger partial charge is 0.481 e. The first-order valence-electron chi connectivity index (χ1n) is 7.04. The smallest absolute Gasteiger partial charge is 0.303 e. The van der Waals surface area contributed by atoms with E-state index in [1.807, 2.05) is 36.4 Å². The predicted octanol–water partition coefficient (Wildman–Crippen LogP) is 4.87. The highest BCUT2D eigenvalue weighted by molar-refractivity contribution is 6.06. The van der Waals surface area contributed by atoms with E-state index in [0.29, 0.717) is 6.42 Å². The number of carboxylic acid groups (broad SMARTS) is 1. The highest BCUT2D eigenvalue weighted by Crippen LogP contribution is 2.29. The molecule has 0 spiro atoms. The van der Waals surface area contributed by atoms with Gasteiger partial charge in [-0.25, -0.2) is 0 Å². The lowest BCUT2D eigenvalue weighted by Crippen LogP contribution is -1.91. The van der Waals surface area contributed by atoms with Crippen LogP contribution in [0.2, 0.25) is 0 Å². The molecule has 0 saturated carbocycles. The molecule has 0 amide bonds. The number of hydrogen-bond donors (Lipinski definition) is 1. The zero-order valence-electron chi connectivity index (χ0n) is 11.6. The summed E-state index contributed by atoms with van der Waals surface area (Å²) in [5.74, 6) is -0.762. The summed E-state index contributed by atoms with van der Waals surface area (Å²) in [6, 6.07) is 18.8. The lowest BCUT2D eigenvalue weighted by molar-refractivity contribution is -0.136. The van der Waals surface area contributed by atoms with Crippen molar-refractivity contribution in [2.24, 2.45) is 0 Å². The fourth-order valence-electron chi connectivity index (χ4n) is 2.64. The molecule has 0 aliphatic carbocycles. The van der Waals surface area contributed by atoms with Crippen molar-refractivity contribution in [1.82, 2.24) is 0 Å². The molecular weight excluding hydrogens is 260 g/mol. The van der Waals surface area contributed by atoms with Crippen LogP contribution in [0.4, 0.5) is 0 Å². The zero-order valence-corrected chi connectivity index (χ0v) is 11.6. The highest BCUT2D eigenvalue weighted by atomic mass is 16.4. The van der Waals surface area contributed by atoms with Gasteiger partial charge in [-0.3, -0.25) is 4.79 Å². The van der Waals surface area contributed by atoms with Gasteiger partial charge in [0.1, 0.15) is 0 Å². The van der Waals surface area contributed by atoms with Gasteiger partial charge < -0.3 is 5.11 Å². The summed E-state index contributed by atoms with van der Waals surface area (Å²) < 4.78 is 0. The maximum atomic E-state index is 10.6. The molecule has 0 bridgehead atoms. The van der Waals surface area contributed by atoms with E-state index < -0.39 is 5.97 Å². The van der Waals surface area contributed by atoms with Crippen LogP contribution in [-0.4, -0.2) is 11.1 Å². The van der Waals surface area contributed by atoms with Gasteiger partial charge in [-0.05, 0) is 39.6 Å². The Kier molecular flexibility index (Phi) is 3.69. The monoisotopic (exact) mass is 276 g/mol. The molecule has 0 aliphatic heterocycles. The number of allylic oxidation sites excluding steroid dienone is 1. The molecule has 0 heterocycles. The number of rotatable bonds is 4. The zero-order chi connectivity index (χ0) is 14.7. The average Bonchev–Trinajstić information content (AvgIpc) is 2.50. The molecule has 104 valence electrons. The summed E-state index contributed by atoms with van der Waals surface area (Å²) in [6.45, 7) is 0. The predicted molar refractivity (Wildman–Crippen MR) is 87.4 cm³/mol. The van der Waals surface area contributed by atoms with Gasteiger partial charge in [0.25, 0.3) is 0 Å². The Balaban J connectivity index is 2.13. The van der Waals surface area contributed by atoms with Crippen LogP contribution in [0.5, 0.6) is 0 Å². The fourth-order valence-corrected chi connectivity index (χ4v) is 2.64. The third kappa shape index (κ3) is 2.79. The van der Waals surface area contributed by atoms with Crippen LogP contribution < -0.4 is 0 Å². The van der Waals surface area contributed by atoms with Crippen molar-refractivity contribution in [1.29, 1.82) is 0 Å². The van der Waals surface area contributed by atoms with E-state index in [2.05, 4.69) is 30.3 Å². The van der Waals surface area contributed by atoms with E-state index >= 15 is 0 Å². The summed E-state index contributed by atoms with van der Waals surface area (Å²) in [7, 11) is 0. The van der Waals surface area contributed by atoms with E-state index in [-0.39, 0.29) is 6.42 Å². The van der Waals surface area contributed by atoms with Gasteiger partial charge >= 0.3 is 5.97 Å². The van der Waals surface area contributed by atoms with Crippen LogP contribution in [-0.2, 0) is 4.79 Å². The number of aliphatic carboxylic acids is 1. The van der Waals surface area contributed by atoms with E-state index in [9.17, 15) is 4.79 Å². The van der Waals surface area contributed by atoms with Crippen molar-refractivity contribution < 1.29 is 9.90 Å². The molecule has 3 aromatic carbocycles. The molecule has 0 radical (unpaired) electrons. The SMILES string of the molecule is O=C(O)CC/C=C/c1c2ccccc2cc2ccccc12. The van der Waals surface area contributed by atoms with Crippen molar-refractivity contribution in [2.75, 3.05) is 0 Å². The van der Waals surface area contributed by atoms with Crippen LogP contribution in [0.3, 0.4) is 0 Å². The van der Waals surface area contributed by atoms with Crippen molar-refractivity contribution in [3.63, 3.8) is 0 Å². The average molecular weight is 276 g/mol. The molecule has 3 rings (SSSR count). The van der Waals surface area contributed by atoms with Crippen molar-refractivity contribution in [3.8, 4) is 0 Å². The quantitative estimate of drug-likeness (QED) is 0.690. The van der Waals surface area contributed by atoms with Gasteiger partial charge in [0.15, 0.2) is 0 Å². The molecule has 0 aliphatic rings. The summed E-state index contributed by atoms with van der Waals surface area (Å²) in [5, 5.41) is 13.5. The summed E-state index contributed by atoms with van der Waals surface area (Å²) in [6.07, 6.45) is 4.71. The first kappa shape index (κ1) is 13.4. The summed E-state index contributed by atoms with van der Waals surface area (Å²) in [5.41, 5.74) is 1.16. The Bertz CT molecular complexity index is 777. The summed E-state index contributed by atoms with van der Waals surface area (Å²) >= 11 is 0. The van der Waals surface area contributed by atoms with Gasteiger partial charge in [0, 0.05) is 6.42 Å². The molecule has 1 N–H and O–H groups in total. The minimum Gasteiger partial charge on any atom is -0.481 e. The number of hydrogen-bond acceptors (Lipinski definition) is 1. The molecule has 0 saturated heterocycles. The Morgan fingerprint density at radius 3 is 2.10 bits per heavy atom. The second-order valence-electron chi connectivity index (χ2n) is 5.07. The third-order valence-electron chi connectivity index (χ3n) is 3.62. The number of carboxylic acids is 1. The van der Waals surface area contributed by atoms with Gasteiger partial charge in [-0.15, -0.1) is 0 Å². The molecule has 0 fully saturated rings. The second-order valence-corrected chi connectivity index (χ2v) is 5.07. The van der Waals surface area contributed by atoms with E-state index in [1.165, 1.54) is 21.5 Å². The molecule has 2 heteroatoms. The number of benzene rings is 3. The lowest BCUT2D eigenvalue weighted by atomic mass is 9.96. The van der Waals surface area contributed by atoms with Crippen molar-refractivity contribution >= 4 is 33.6 Å². The van der Waals surface area contributed by atoms with Crippen LogP contribution >= 0.6 is 0 Å². The van der Waals surface area contributed by atoms with E-state index in [0.717, 1.165) is 5.56 Å². The van der Waals surface area contributed by atoms with Gasteiger partial charge in [0.2, 0.25) is 0 Å². The highest BCUT2D eigenvalue weighted by Gasteiger charge is 2.04. The fraction of sp³-hybridized carbons (Fsp3) is 0.105. The van der Waals surface area contributed by atoms with E-state index in [4.69, 9.17) is 5.11 Å². The van der Waals surface area contributed by atoms with E-state index in [1.54, 1.807) is 0 Å². The minimum absolute atomic E-state index is 0.166. The van der Waals surface area contributed by atoms with Crippen LogP contribution in [0.15, 0.2) is 60.7 Å². The molecule has 0 atom stereocenters. The molecule has 0 unspecified atom stereocenters. The Morgan fingerprint density at radius 1 is 0.952 bits per heavy atom. The van der Waals surface area contributed by atoms with Crippen molar-refractivity contribution in [2.45, 2.75) is 12.8 Å². The normalized spacial score (nSPS) is 11.4. The Hall–Kier alpha value is -2.61. The van der Waals surface area contributed by atoms with Gasteiger partial charge in [-0.2, -0.15) is 0 Å². The Morgan fingerprint density at radius 2 is 1.52 bits per heavy atom. The number of carbonyl (C=O) groups is 1. The molecule has 0 aromatic heterocycles. The first-order valence-corrected chi connectivity index (χ1v) is 7.04. The van der Waals surface area contributed by atoms with Crippen molar-refractivity contribution in [3.05, 3.63) is 66.2 Å². The first-order chi connectivity index (χ1) is 10.3. The third-order valence-corrected chi connectivity index (χ3v) is 3.62. The van der Waals surface area contributed by atoms with Crippen LogP contribution in [0, 0.1) is 0 Å². The maximum Gasteiger partial charge on any atom is 0.303 e. The van der Waals surface area contributed by atoms with Crippen LogP contribution in [0.25, 0.3) is 27.6 Å².